The standard InChI is InChI=1S/C12H12S2.6CH3.2Sn/c1(5-11-7-3-9-13-11)2-6-12-8-4-10-14-12;;;;;;;;/h3-4,7-8H,1-2,5-6H2;6*1H3;;. The van der Waals surface area contributed by atoms with Crippen molar-refractivity contribution in [2.75, 3.05) is 0 Å². The van der Waals surface area contributed by atoms with E-state index in [-0.39, 0.29) is 0 Å². The van der Waals surface area contributed by atoms with Gasteiger partial charge in [0.25, 0.3) is 0 Å². The molecule has 0 spiro atoms. The molecule has 0 radical (unpaired) electrons. The van der Waals surface area contributed by atoms with Crippen LogP contribution in [0.5, 0.6) is 0 Å². The number of unbranched alkanes of at least 4 members (excludes halogenated alkanes) is 1. The quantitative estimate of drug-likeness (QED) is 0.319. The summed E-state index contributed by atoms with van der Waals surface area (Å²) in [6.07, 6.45) is 5.24. The monoisotopic (exact) mass is 550 g/mol. The van der Waals surface area contributed by atoms with E-state index in [1.165, 1.54) is 25.7 Å². The van der Waals surface area contributed by atoms with Crippen molar-refractivity contribution in [3.63, 3.8) is 0 Å². The Kier molecular flexibility index (Phi) is 6.96. The minimum absolute atomic E-state index is 1.28. The molecular weight excluding hydrogens is 518 g/mol. The fraction of sp³-hybridized carbons (Fsp3) is 0.556. The van der Waals surface area contributed by atoms with Crippen LogP contribution in [0.25, 0.3) is 0 Å². The minimum atomic E-state index is -1.82. The molecule has 0 atom stereocenters. The molecular formula is C18H30S2Sn2. The molecule has 2 rings (SSSR count). The Morgan fingerprint density at radius 1 is 0.636 bits per heavy atom. The van der Waals surface area contributed by atoms with Crippen LogP contribution in [-0.4, -0.2) is 36.8 Å². The van der Waals surface area contributed by atoms with Crippen molar-refractivity contribution in [3.8, 4) is 0 Å². The third kappa shape index (κ3) is 5.82. The summed E-state index contributed by atoms with van der Waals surface area (Å²) in [6.45, 7) is 0. The summed E-state index contributed by atoms with van der Waals surface area (Å²) in [7, 11) is 0. The van der Waals surface area contributed by atoms with Gasteiger partial charge in [-0.1, -0.05) is 0 Å². The van der Waals surface area contributed by atoms with Crippen molar-refractivity contribution >= 4 is 65.2 Å². The second kappa shape index (κ2) is 7.92. The van der Waals surface area contributed by atoms with Crippen molar-refractivity contribution in [1.29, 1.82) is 0 Å². The molecule has 22 heavy (non-hydrogen) atoms. The molecule has 0 fully saturated rings. The summed E-state index contributed by atoms with van der Waals surface area (Å²) in [6, 6.07) is 9.61. The van der Waals surface area contributed by atoms with Crippen LogP contribution in [0.15, 0.2) is 24.3 Å². The van der Waals surface area contributed by atoms with Crippen LogP contribution >= 0.6 is 22.7 Å². The number of rotatable bonds is 7. The number of thiophene rings is 2. The fourth-order valence-corrected chi connectivity index (χ4v) is 15.5. The first-order valence-electron chi connectivity index (χ1n) is 8.34. The van der Waals surface area contributed by atoms with Gasteiger partial charge >= 0.3 is 155 Å². The molecule has 0 nitrogen and oxygen atoms in total. The van der Waals surface area contributed by atoms with Gasteiger partial charge in [0.15, 0.2) is 0 Å². The average molecular weight is 548 g/mol. The van der Waals surface area contributed by atoms with Crippen LogP contribution in [0, 0.1) is 0 Å². The van der Waals surface area contributed by atoms with E-state index >= 15 is 0 Å². The first-order valence-corrected chi connectivity index (χ1v) is 30.0. The van der Waals surface area contributed by atoms with Gasteiger partial charge in [0.05, 0.1) is 0 Å². The molecule has 2 heterocycles. The molecule has 2 aromatic rings. The Hall–Kier alpha value is 0.997. The molecule has 0 unspecified atom stereocenters. The molecule has 0 aliphatic heterocycles. The number of aryl methyl sites for hydroxylation is 2. The van der Waals surface area contributed by atoms with E-state index in [1.54, 1.807) is 15.5 Å². The molecule has 0 N–H and O–H groups in total. The zero-order valence-electron chi connectivity index (χ0n) is 15.0. The Balaban J connectivity index is 1.78. The van der Waals surface area contributed by atoms with Crippen molar-refractivity contribution in [1.82, 2.24) is 0 Å². The summed E-state index contributed by atoms with van der Waals surface area (Å²) in [5.74, 6) is 0. The summed E-state index contributed by atoms with van der Waals surface area (Å²) in [5.41, 5.74) is 0. The topological polar surface area (TPSA) is 0 Å². The van der Waals surface area contributed by atoms with Crippen molar-refractivity contribution in [2.24, 2.45) is 0 Å². The average Bonchev–Trinajstić information content (AvgIpc) is 3.02. The van der Waals surface area contributed by atoms with Gasteiger partial charge in [0.1, 0.15) is 0 Å². The molecule has 0 saturated carbocycles. The zero-order valence-corrected chi connectivity index (χ0v) is 22.3. The molecule has 0 amide bonds. The second-order valence-corrected chi connectivity index (χ2v) is 41.4. The van der Waals surface area contributed by atoms with Crippen LogP contribution in [0.4, 0.5) is 0 Å². The third-order valence-electron chi connectivity index (χ3n) is 3.90. The van der Waals surface area contributed by atoms with Gasteiger partial charge < -0.3 is 0 Å². The number of hydrogen-bond donors (Lipinski definition) is 0. The van der Waals surface area contributed by atoms with Crippen LogP contribution in [0.1, 0.15) is 22.6 Å². The van der Waals surface area contributed by atoms with E-state index in [4.69, 9.17) is 0 Å². The molecule has 0 aliphatic carbocycles. The van der Waals surface area contributed by atoms with Gasteiger partial charge in [0.2, 0.25) is 0 Å². The zero-order chi connectivity index (χ0) is 16.4. The first kappa shape index (κ1) is 19.3. The van der Waals surface area contributed by atoms with Crippen molar-refractivity contribution < 1.29 is 0 Å². The second-order valence-electron chi connectivity index (χ2n) is 8.24. The SMILES string of the molecule is [CH3][Sn]([CH3])([CH3])[c]1ccc(CCCCc2cc[c]([Sn]([CH3])([CH3])[CH3])s2)s1. The van der Waals surface area contributed by atoms with Crippen LogP contribution in [0.3, 0.4) is 0 Å². The predicted octanol–water partition coefficient (Wildman–Crippen LogP) is 5.47. The van der Waals surface area contributed by atoms with Gasteiger partial charge in [-0.15, -0.1) is 0 Å². The summed E-state index contributed by atoms with van der Waals surface area (Å²) < 4.78 is 3.45. The van der Waals surface area contributed by atoms with Crippen LogP contribution < -0.4 is 5.79 Å². The molecule has 0 bridgehead atoms. The molecule has 2 aromatic heterocycles. The Bertz CT molecular complexity index is 543. The van der Waals surface area contributed by atoms with E-state index in [0.717, 1.165) is 0 Å². The van der Waals surface area contributed by atoms with Gasteiger partial charge in [-0.05, 0) is 0 Å². The molecule has 0 saturated heterocycles. The van der Waals surface area contributed by atoms with E-state index in [2.05, 4.69) is 76.6 Å². The summed E-state index contributed by atoms with van der Waals surface area (Å²) in [4.78, 5) is 18.3. The van der Waals surface area contributed by atoms with Gasteiger partial charge in [-0.3, -0.25) is 0 Å². The Labute approximate surface area is 153 Å². The normalized spacial score (nSPS) is 12.8. The molecule has 4 heteroatoms. The van der Waals surface area contributed by atoms with Crippen LogP contribution in [0.2, 0.25) is 29.6 Å². The maximum atomic E-state index is 2.51. The fourth-order valence-electron chi connectivity index (χ4n) is 2.43. The van der Waals surface area contributed by atoms with Gasteiger partial charge in [0, 0.05) is 0 Å². The molecule has 0 aromatic carbocycles. The first-order chi connectivity index (χ1) is 10.2. The van der Waals surface area contributed by atoms with Gasteiger partial charge in [-0.25, -0.2) is 0 Å². The molecule has 122 valence electrons. The number of hydrogen-bond acceptors (Lipinski definition) is 2. The third-order valence-corrected chi connectivity index (χ3v) is 25.2. The van der Waals surface area contributed by atoms with Crippen molar-refractivity contribution in [3.05, 3.63) is 34.0 Å². The van der Waals surface area contributed by atoms with Crippen molar-refractivity contribution in [2.45, 2.75) is 55.3 Å². The predicted molar refractivity (Wildman–Crippen MR) is 111 cm³/mol. The van der Waals surface area contributed by atoms with Gasteiger partial charge in [-0.2, -0.15) is 0 Å². The Morgan fingerprint density at radius 2 is 1.00 bits per heavy atom. The Morgan fingerprint density at radius 3 is 1.27 bits per heavy atom. The van der Waals surface area contributed by atoms with E-state index in [1.807, 2.05) is 0 Å². The molecule has 0 aliphatic rings. The maximum absolute atomic E-state index is 2.51. The van der Waals surface area contributed by atoms with Crippen LogP contribution in [-0.2, 0) is 12.8 Å². The van der Waals surface area contributed by atoms with E-state index in [0.29, 0.717) is 0 Å². The summed E-state index contributed by atoms with van der Waals surface area (Å²) in [5, 5.41) is 0. The van der Waals surface area contributed by atoms with E-state index < -0.39 is 36.8 Å². The summed E-state index contributed by atoms with van der Waals surface area (Å²) >= 11 is 0.556. The van der Waals surface area contributed by atoms with E-state index in [9.17, 15) is 0 Å².